The molecule has 0 unspecified atom stereocenters. The van der Waals surface area contributed by atoms with Crippen LogP contribution in [0.2, 0.25) is 5.15 Å². The summed E-state index contributed by atoms with van der Waals surface area (Å²) < 4.78 is 6.12. The first-order valence-electron chi connectivity index (χ1n) is 7.95. The van der Waals surface area contributed by atoms with Gasteiger partial charge in [-0.1, -0.05) is 30.9 Å². The third kappa shape index (κ3) is 2.58. The smallest absolute Gasteiger partial charge is 0.162 e. The van der Waals surface area contributed by atoms with E-state index in [0.717, 1.165) is 37.2 Å². The van der Waals surface area contributed by atoms with Crippen molar-refractivity contribution in [2.24, 2.45) is 0 Å². The molecule has 0 amide bonds. The Bertz CT molecular complexity index is 478. The van der Waals surface area contributed by atoms with Crippen molar-refractivity contribution in [2.45, 2.75) is 70.3 Å². The standard InChI is InChI=1S/C16H23ClN2O/c1-2-20-16(10-6-3-7-11-16)15-18-13-9-5-4-8-12(13)14(17)19-15/h2-11H2,1H3. The molecule has 0 N–H and O–H groups in total. The second kappa shape index (κ2) is 5.98. The van der Waals surface area contributed by atoms with Gasteiger partial charge >= 0.3 is 0 Å². The van der Waals surface area contributed by atoms with Crippen LogP contribution in [0.15, 0.2) is 0 Å². The van der Waals surface area contributed by atoms with Gasteiger partial charge in [0.2, 0.25) is 0 Å². The van der Waals surface area contributed by atoms with E-state index in [2.05, 4.69) is 11.9 Å². The Morgan fingerprint density at radius 3 is 2.55 bits per heavy atom. The van der Waals surface area contributed by atoms with Gasteiger partial charge in [-0.3, -0.25) is 0 Å². The Hall–Kier alpha value is -0.670. The molecule has 4 heteroatoms. The highest BCUT2D eigenvalue weighted by Crippen LogP contribution is 2.40. The minimum absolute atomic E-state index is 0.289. The summed E-state index contributed by atoms with van der Waals surface area (Å²) in [5.41, 5.74) is 2.04. The van der Waals surface area contributed by atoms with E-state index in [1.807, 2.05) is 0 Å². The molecule has 2 aliphatic carbocycles. The van der Waals surface area contributed by atoms with Gasteiger partial charge in [-0.2, -0.15) is 0 Å². The first kappa shape index (κ1) is 14.3. The molecule has 0 bridgehead atoms. The largest absolute Gasteiger partial charge is 0.367 e. The molecule has 1 heterocycles. The van der Waals surface area contributed by atoms with Crippen LogP contribution in [-0.2, 0) is 23.2 Å². The van der Waals surface area contributed by atoms with Gasteiger partial charge in [0.05, 0.1) is 0 Å². The third-order valence-electron chi connectivity index (χ3n) is 4.62. The number of aryl methyl sites for hydroxylation is 1. The van der Waals surface area contributed by atoms with Crippen molar-refractivity contribution in [3.63, 3.8) is 0 Å². The number of hydrogen-bond acceptors (Lipinski definition) is 3. The van der Waals surface area contributed by atoms with Gasteiger partial charge in [0.15, 0.2) is 5.82 Å². The monoisotopic (exact) mass is 294 g/mol. The van der Waals surface area contributed by atoms with Gasteiger partial charge in [0.25, 0.3) is 0 Å². The number of halogens is 1. The van der Waals surface area contributed by atoms with Crippen molar-refractivity contribution in [2.75, 3.05) is 6.61 Å². The van der Waals surface area contributed by atoms with E-state index in [-0.39, 0.29) is 5.60 Å². The maximum atomic E-state index is 6.42. The Balaban J connectivity index is 2.00. The Labute approximate surface area is 126 Å². The zero-order valence-electron chi connectivity index (χ0n) is 12.3. The topological polar surface area (TPSA) is 35.0 Å². The number of rotatable bonds is 3. The van der Waals surface area contributed by atoms with E-state index in [9.17, 15) is 0 Å². The van der Waals surface area contributed by atoms with Crippen molar-refractivity contribution < 1.29 is 4.74 Å². The maximum absolute atomic E-state index is 6.42. The fourth-order valence-corrected chi connectivity index (χ4v) is 3.87. The molecule has 3 nitrogen and oxygen atoms in total. The zero-order valence-corrected chi connectivity index (χ0v) is 13.0. The molecular weight excluding hydrogens is 272 g/mol. The van der Waals surface area contributed by atoms with Crippen LogP contribution in [0.5, 0.6) is 0 Å². The summed E-state index contributed by atoms with van der Waals surface area (Å²) in [5, 5.41) is 0.661. The average molecular weight is 295 g/mol. The van der Waals surface area contributed by atoms with E-state index in [4.69, 9.17) is 21.3 Å². The first-order valence-corrected chi connectivity index (χ1v) is 8.33. The summed E-state index contributed by atoms with van der Waals surface area (Å²) in [6, 6.07) is 0. The minimum atomic E-state index is -0.289. The number of fused-ring (bicyclic) bond motifs is 1. The molecule has 1 aromatic rings. The molecule has 0 aliphatic heterocycles. The minimum Gasteiger partial charge on any atom is -0.367 e. The second-order valence-electron chi connectivity index (χ2n) is 5.96. The lowest BCUT2D eigenvalue weighted by atomic mass is 9.83. The van der Waals surface area contributed by atoms with Gasteiger partial charge in [-0.05, 0) is 45.4 Å². The van der Waals surface area contributed by atoms with E-state index in [1.165, 1.54) is 37.7 Å². The molecule has 20 heavy (non-hydrogen) atoms. The quantitative estimate of drug-likeness (QED) is 0.784. The summed E-state index contributed by atoms with van der Waals surface area (Å²) in [6.07, 6.45) is 10.2. The van der Waals surface area contributed by atoms with Gasteiger partial charge in [0.1, 0.15) is 10.8 Å². The molecule has 0 aromatic carbocycles. The van der Waals surface area contributed by atoms with Crippen LogP contribution < -0.4 is 0 Å². The van der Waals surface area contributed by atoms with Crippen LogP contribution in [-0.4, -0.2) is 16.6 Å². The lowest BCUT2D eigenvalue weighted by Gasteiger charge is -2.36. The van der Waals surface area contributed by atoms with Crippen molar-refractivity contribution in [3.05, 3.63) is 22.2 Å². The molecule has 1 aromatic heterocycles. The SMILES string of the molecule is CCOC1(c2nc(Cl)c3c(n2)CCCC3)CCCCC1. The average Bonchev–Trinajstić information content (AvgIpc) is 2.48. The molecule has 3 rings (SSSR count). The summed E-state index contributed by atoms with van der Waals surface area (Å²) in [4.78, 5) is 9.50. The molecule has 0 atom stereocenters. The molecule has 0 spiro atoms. The predicted octanol–water partition coefficient (Wildman–Crippen LogP) is 4.20. The summed E-state index contributed by atoms with van der Waals surface area (Å²) in [7, 11) is 0. The number of nitrogens with zero attached hydrogens (tertiary/aromatic N) is 2. The van der Waals surface area contributed by atoms with E-state index in [0.29, 0.717) is 11.8 Å². The van der Waals surface area contributed by atoms with Crippen LogP contribution in [0.1, 0.15) is 69.0 Å². The van der Waals surface area contributed by atoms with E-state index >= 15 is 0 Å². The van der Waals surface area contributed by atoms with E-state index in [1.54, 1.807) is 0 Å². The first-order chi connectivity index (χ1) is 9.75. The maximum Gasteiger partial charge on any atom is 0.162 e. The van der Waals surface area contributed by atoms with Gasteiger partial charge < -0.3 is 4.74 Å². The highest BCUT2D eigenvalue weighted by molar-refractivity contribution is 6.30. The zero-order chi connectivity index (χ0) is 14.0. The molecule has 2 aliphatic rings. The summed E-state index contributed by atoms with van der Waals surface area (Å²) in [5.74, 6) is 0.838. The Morgan fingerprint density at radius 1 is 1.05 bits per heavy atom. The molecule has 1 fully saturated rings. The van der Waals surface area contributed by atoms with Crippen LogP contribution in [0.25, 0.3) is 0 Å². The fraction of sp³-hybridized carbons (Fsp3) is 0.750. The van der Waals surface area contributed by atoms with Gasteiger partial charge in [-0.15, -0.1) is 0 Å². The van der Waals surface area contributed by atoms with Crippen LogP contribution in [0.4, 0.5) is 0 Å². The molecule has 0 saturated heterocycles. The van der Waals surface area contributed by atoms with Gasteiger partial charge in [-0.25, -0.2) is 9.97 Å². The van der Waals surface area contributed by atoms with Crippen LogP contribution in [0.3, 0.4) is 0 Å². The van der Waals surface area contributed by atoms with Crippen molar-refractivity contribution >= 4 is 11.6 Å². The predicted molar refractivity (Wildman–Crippen MR) is 80.1 cm³/mol. The molecular formula is C16H23ClN2O. The number of ether oxygens (including phenoxy) is 1. The lowest BCUT2D eigenvalue weighted by Crippen LogP contribution is -2.35. The third-order valence-corrected chi connectivity index (χ3v) is 4.93. The number of hydrogen-bond donors (Lipinski definition) is 0. The Kier molecular flexibility index (Phi) is 4.27. The van der Waals surface area contributed by atoms with Crippen LogP contribution in [0, 0.1) is 0 Å². The highest BCUT2D eigenvalue weighted by atomic mass is 35.5. The van der Waals surface area contributed by atoms with Gasteiger partial charge in [0, 0.05) is 17.9 Å². The van der Waals surface area contributed by atoms with E-state index < -0.39 is 0 Å². The molecule has 0 radical (unpaired) electrons. The summed E-state index contributed by atoms with van der Waals surface area (Å²) >= 11 is 6.42. The lowest BCUT2D eigenvalue weighted by molar-refractivity contribution is -0.0768. The van der Waals surface area contributed by atoms with Crippen LogP contribution >= 0.6 is 11.6 Å². The normalized spacial score (nSPS) is 21.5. The highest BCUT2D eigenvalue weighted by Gasteiger charge is 2.38. The number of aromatic nitrogens is 2. The summed E-state index contributed by atoms with van der Waals surface area (Å²) in [6.45, 7) is 2.76. The van der Waals surface area contributed by atoms with Crippen molar-refractivity contribution in [1.82, 2.24) is 9.97 Å². The second-order valence-corrected chi connectivity index (χ2v) is 6.32. The fourth-order valence-electron chi connectivity index (χ4n) is 3.58. The molecule has 1 saturated carbocycles. The van der Waals surface area contributed by atoms with Crippen molar-refractivity contribution in [3.8, 4) is 0 Å². The van der Waals surface area contributed by atoms with Crippen molar-refractivity contribution in [1.29, 1.82) is 0 Å². The molecule has 110 valence electrons. The Morgan fingerprint density at radius 2 is 1.80 bits per heavy atom.